The molecule has 3 unspecified atom stereocenters. The highest BCUT2D eigenvalue weighted by atomic mass is 32.2. The fourth-order valence-electron chi connectivity index (χ4n) is 2.04. The second-order valence-electron chi connectivity index (χ2n) is 4.36. The molecule has 1 aliphatic carbocycles. The van der Waals surface area contributed by atoms with Gasteiger partial charge in [-0.3, -0.25) is 9.19 Å². The third kappa shape index (κ3) is 2.50. The SMILES string of the molecule is CC(CNC1CCc2cccnc21)S(C)=O. The Kier molecular flexibility index (Phi) is 3.71. The van der Waals surface area contributed by atoms with Crippen LogP contribution in [0, 0.1) is 0 Å². The molecule has 0 radical (unpaired) electrons. The Hall–Kier alpha value is -0.740. The molecule has 0 aliphatic heterocycles. The topological polar surface area (TPSA) is 42.0 Å². The van der Waals surface area contributed by atoms with Gasteiger partial charge in [0, 0.05) is 35.0 Å². The van der Waals surface area contributed by atoms with Crippen LogP contribution in [-0.2, 0) is 17.2 Å². The average Bonchev–Trinajstić information content (AvgIpc) is 2.69. The van der Waals surface area contributed by atoms with Gasteiger partial charge in [-0.1, -0.05) is 6.07 Å². The second kappa shape index (κ2) is 5.06. The molecule has 0 saturated carbocycles. The maximum absolute atomic E-state index is 11.2. The Bertz CT molecular complexity index is 394. The van der Waals surface area contributed by atoms with Gasteiger partial charge in [-0.15, -0.1) is 0 Å². The Balaban J connectivity index is 1.96. The van der Waals surface area contributed by atoms with Gasteiger partial charge in [-0.2, -0.15) is 0 Å². The number of pyridine rings is 1. The molecular weight excluding hydrogens is 220 g/mol. The van der Waals surface area contributed by atoms with Crippen LogP contribution in [-0.4, -0.2) is 27.2 Å². The van der Waals surface area contributed by atoms with Crippen molar-refractivity contribution in [1.29, 1.82) is 0 Å². The van der Waals surface area contributed by atoms with Crippen molar-refractivity contribution in [3.8, 4) is 0 Å². The zero-order valence-corrected chi connectivity index (χ0v) is 10.6. The molecular formula is C12H18N2OS. The summed E-state index contributed by atoms with van der Waals surface area (Å²) in [5.74, 6) is 0. The van der Waals surface area contributed by atoms with Crippen molar-refractivity contribution in [3.05, 3.63) is 29.6 Å². The van der Waals surface area contributed by atoms with Crippen molar-refractivity contribution in [3.63, 3.8) is 0 Å². The lowest BCUT2D eigenvalue weighted by Crippen LogP contribution is -2.30. The van der Waals surface area contributed by atoms with Gasteiger partial charge in [0.15, 0.2) is 0 Å². The van der Waals surface area contributed by atoms with Gasteiger partial charge in [-0.05, 0) is 31.4 Å². The number of hydrogen-bond acceptors (Lipinski definition) is 3. The summed E-state index contributed by atoms with van der Waals surface area (Å²) < 4.78 is 11.2. The third-order valence-electron chi connectivity index (χ3n) is 3.18. The predicted octanol–water partition coefficient (Wildman–Crippen LogP) is 1.43. The van der Waals surface area contributed by atoms with E-state index in [4.69, 9.17) is 0 Å². The largest absolute Gasteiger partial charge is 0.307 e. The number of fused-ring (bicyclic) bond motifs is 1. The Labute approximate surface area is 99.1 Å². The van der Waals surface area contributed by atoms with Crippen LogP contribution in [0.25, 0.3) is 0 Å². The smallest absolute Gasteiger partial charge is 0.0605 e. The van der Waals surface area contributed by atoms with Crippen LogP contribution in [0.4, 0.5) is 0 Å². The van der Waals surface area contributed by atoms with Crippen LogP contribution >= 0.6 is 0 Å². The van der Waals surface area contributed by atoms with E-state index in [9.17, 15) is 4.21 Å². The standard InChI is InChI=1S/C12H18N2OS/c1-9(16(2)15)8-14-11-6-5-10-4-3-7-13-12(10)11/h3-4,7,9,11,14H,5-6,8H2,1-2H3. The van der Waals surface area contributed by atoms with E-state index in [2.05, 4.69) is 16.4 Å². The Morgan fingerprint density at radius 3 is 3.25 bits per heavy atom. The first kappa shape index (κ1) is 11.7. The molecule has 0 fully saturated rings. The molecule has 4 heteroatoms. The minimum atomic E-state index is -0.751. The van der Waals surface area contributed by atoms with Gasteiger partial charge in [0.05, 0.1) is 11.7 Å². The Morgan fingerprint density at radius 1 is 1.69 bits per heavy atom. The lowest BCUT2D eigenvalue weighted by Gasteiger charge is -2.15. The minimum Gasteiger partial charge on any atom is -0.307 e. The highest BCUT2D eigenvalue weighted by Crippen LogP contribution is 2.28. The molecule has 3 atom stereocenters. The van der Waals surface area contributed by atoms with E-state index < -0.39 is 10.8 Å². The Morgan fingerprint density at radius 2 is 2.50 bits per heavy atom. The number of nitrogens with one attached hydrogen (secondary N) is 1. The van der Waals surface area contributed by atoms with Crippen molar-refractivity contribution in [1.82, 2.24) is 10.3 Å². The van der Waals surface area contributed by atoms with Gasteiger partial charge < -0.3 is 5.32 Å². The fourth-order valence-corrected chi connectivity index (χ4v) is 2.37. The summed E-state index contributed by atoms with van der Waals surface area (Å²) in [6.45, 7) is 2.81. The zero-order chi connectivity index (χ0) is 11.5. The lowest BCUT2D eigenvalue weighted by atomic mass is 10.2. The first-order valence-corrected chi connectivity index (χ1v) is 7.30. The molecule has 16 heavy (non-hydrogen) atoms. The van der Waals surface area contributed by atoms with E-state index in [0.29, 0.717) is 6.04 Å². The van der Waals surface area contributed by atoms with Crippen molar-refractivity contribution < 1.29 is 4.21 Å². The molecule has 0 amide bonds. The molecule has 0 spiro atoms. The minimum absolute atomic E-state index is 0.202. The van der Waals surface area contributed by atoms with E-state index in [1.807, 2.05) is 19.2 Å². The summed E-state index contributed by atoms with van der Waals surface area (Å²) in [7, 11) is -0.751. The number of aromatic nitrogens is 1. The van der Waals surface area contributed by atoms with Crippen LogP contribution in [0.3, 0.4) is 0 Å². The first-order valence-electron chi connectivity index (χ1n) is 5.68. The molecule has 1 heterocycles. The molecule has 1 aromatic heterocycles. The van der Waals surface area contributed by atoms with Crippen LogP contribution in [0.5, 0.6) is 0 Å². The van der Waals surface area contributed by atoms with Crippen molar-refractivity contribution in [2.45, 2.75) is 31.1 Å². The summed E-state index contributed by atoms with van der Waals surface area (Å²) in [4.78, 5) is 4.43. The second-order valence-corrected chi connectivity index (χ2v) is 6.16. The maximum Gasteiger partial charge on any atom is 0.0605 e. The summed E-state index contributed by atoms with van der Waals surface area (Å²) in [6.07, 6.45) is 5.81. The molecule has 2 rings (SSSR count). The van der Waals surface area contributed by atoms with E-state index in [-0.39, 0.29) is 5.25 Å². The van der Waals surface area contributed by atoms with Crippen LogP contribution in [0.15, 0.2) is 18.3 Å². The normalized spacial score (nSPS) is 22.8. The van der Waals surface area contributed by atoms with Gasteiger partial charge in [-0.25, -0.2) is 0 Å². The number of rotatable bonds is 4. The summed E-state index contributed by atoms with van der Waals surface area (Å²) in [5.41, 5.74) is 2.53. The van der Waals surface area contributed by atoms with Crippen molar-refractivity contribution in [2.24, 2.45) is 0 Å². The van der Waals surface area contributed by atoms with Gasteiger partial charge in [0.1, 0.15) is 0 Å². The van der Waals surface area contributed by atoms with Crippen molar-refractivity contribution in [2.75, 3.05) is 12.8 Å². The molecule has 0 aromatic carbocycles. The fraction of sp³-hybridized carbons (Fsp3) is 0.583. The number of hydrogen-bond donors (Lipinski definition) is 1. The first-order chi connectivity index (χ1) is 7.68. The van der Waals surface area contributed by atoms with Gasteiger partial charge in [0.2, 0.25) is 0 Å². The highest BCUT2D eigenvalue weighted by Gasteiger charge is 2.23. The van der Waals surface area contributed by atoms with Crippen LogP contribution in [0.1, 0.15) is 30.6 Å². The quantitative estimate of drug-likeness (QED) is 0.862. The average molecular weight is 238 g/mol. The molecule has 1 N–H and O–H groups in total. The lowest BCUT2D eigenvalue weighted by molar-refractivity contribution is 0.521. The molecule has 1 aliphatic rings. The molecule has 88 valence electrons. The van der Waals surface area contributed by atoms with Gasteiger partial charge in [0.25, 0.3) is 0 Å². The molecule has 0 saturated heterocycles. The van der Waals surface area contributed by atoms with E-state index in [1.54, 1.807) is 6.26 Å². The van der Waals surface area contributed by atoms with Crippen molar-refractivity contribution >= 4 is 10.8 Å². The van der Waals surface area contributed by atoms with E-state index in [1.165, 1.54) is 11.3 Å². The summed E-state index contributed by atoms with van der Waals surface area (Å²) >= 11 is 0. The summed E-state index contributed by atoms with van der Waals surface area (Å²) in [6, 6.07) is 4.48. The van der Waals surface area contributed by atoms with E-state index in [0.717, 1.165) is 19.4 Å². The van der Waals surface area contributed by atoms with Crippen LogP contribution in [0.2, 0.25) is 0 Å². The van der Waals surface area contributed by atoms with Crippen LogP contribution < -0.4 is 5.32 Å². The highest BCUT2D eigenvalue weighted by molar-refractivity contribution is 7.84. The predicted molar refractivity (Wildman–Crippen MR) is 66.8 cm³/mol. The maximum atomic E-state index is 11.2. The molecule has 3 nitrogen and oxygen atoms in total. The third-order valence-corrected chi connectivity index (χ3v) is 4.48. The zero-order valence-electron chi connectivity index (χ0n) is 9.77. The molecule has 0 bridgehead atoms. The number of nitrogens with zero attached hydrogens (tertiary/aromatic N) is 1. The van der Waals surface area contributed by atoms with E-state index >= 15 is 0 Å². The summed E-state index contributed by atoms with van der Waals surface area (Å²) in [5, 5.41) is 3.66. The number of aryl methyl sites for hydroxylation is 1. The van der Waals surface area contributed by atoms with Gasteiger partial charge >= 0.3 is 0 Å². The monoisotopic (exact) mass is 238 g/mol. The molecule has 1 aromatic rings.